The van der Waals surface area contributed by atoms with Gasteiger partial charge in [0.05, 0.1) is 12.8 Å². The summed E-state index contributed by atoms with van der Waals surface area (Å²) in [5, 5.41) is 4.56. The molecule has 1 aromatic carbocycles. The SMILES string of the molecule is COc1ccccc1CN1CCC(CN(CC(C)C)C(=O)C(C)n2nc(C)cc2C)CC1. The van der Waals surface area contributed by atoms with Gasteiger partial charge in [0, 0.05) is 30.9 Å². The summed E-state index contributed by atoms with van der Waals surface area (Å²) in [6.45, 7) is 15.0. The molecule has 0 spiro atoms. The first-order valence-corrected chi connectivity index (χ1v) is 11.9. The number of para-hydroxylation sites is 1. The minimum Gasteiger partial charge on any atom is -0.496 e. The van der Waals surface area contributed by atoms with Crippen LogP contribution in [-0.4, -0.2) is 58.8 Å². The Labute approximate surface area is 193 Å². The third-order valence-electron chi connectivity index (χ3n) is 6.44. The molecule has 0 saturated carbocycles. The molecule has 2 aromatic rings. The second kappa shape index (κ2) is 11.0. The quantitative estimate of drug-likeness (QED) is 0.577. The van der Waals surface area contributed by atoms with Crippen molar-refractivity contribution in [3.63, 3.8) is 0 Å². The number of amides is 1. The molecule has 0 radical (unpaired) electrons. The Morgan fingerprint density at radius 3 is 2.47 bits per heavy atom. The zero-order valence-corrected chi connectivity index (χ0v) is 20.7. The van der Waals surface area contributed by atoms with E-state index in [0.717, 1.165) is 62.7 Å². The van der Waals surface area contributed by atoms with Crippen molar-refractivity contribution < 1.29 is 9.53 Å². The molecular formula is C26H40N4O2. The van der Waals surface area contributed by atoms with E-state index in [1.165, 1.54) is 5.56 Å². The van der Waals surface area contributed by atoms with Crippen LogP contribution >= 0.6 is 0 Å². The number of ether oxygens (including phenoxy) is 1. The Kier molecular flexibility index (Phi) is 8.35. The highest BCUT2D eigenvalue weighted by molar-refractivity contribution is 5.80. The maximum Gasteiger partial charge on any atom is 0.247 e. The minimum atomic E-state index is -0.270. The Hall–Kier alpha value is -2.34. The molecule has 1 saturated heterocycles. The normalized spacial score (nSPS) is 16.3. The van der Waals surface area contributed by atoms with Crippen LogP contribution < -0.4 is 4.74 Å². The van der Waals surface area contributed by atoms with Crippen molar-refractivity contribution in [1.82, 2.24) is 19.6 Å². The average molecular weight is 441 g/mol. The summed E-state index contributed by atoms with van der Waals surface area (Å²) in [5.74, 6) is 2.12. The summed E-state index contributed by atoms with van der Waals surface area (Å²) >= 11 is 0. The Balaban J connectivity index is 1.59. The van der Waals surface area contributed by atoms with E-state index >= 15 is 0 Å². The van der Waals surface area contributed by atoms with Gasteiger partial charge in [-0.1, -0.05) is 32.0 Å². The van der Waals surface area contributed by atoms with Gasteiger partial charge in [-0.2, -0.15) is 5.10 Å². The molecule has 0 bridgehead atoms. The third-order valence-corrected chi connectivity index (χ3v) is 6.44. The van der Waals surface area contributed by atoms with Gasteiger partial charge in [-0.25, -0.2) is 0 Å². The van der Waals surface area contributed by atoms with Crippen molar-refractivity contribution in [1.29, 1.82) is 0 Å². The number of carbonyl (C=O) groups is 1. The van der Waals surface area contributed by atoms with Crippen LogP contribution in [0.3, 0.4) is 0 Å². The van der Waals surface area contributed by atoms with Crippen molar-refractivity contribution in [3.05, 3.63) is 47.3 Å². The van der Waals surface area contributed by atoms with Gasteiger partial charge < -0.3 is 9.64 Å². The van der Waals surface area contributed by atoms with Crippen molar-refractivity contribution >= 4 is 5.91 Å². The van der Waals surface area contributed by atoms with Gasteiger partial charge >= 0.3 is 0 Å². The molecule has 1 aliphatic rings. The molecule has 0 aliphatic carbocycles. The number of nitrogens with zero attached hydrogens (tertiary/aromatic N) is 4. The van der Waals surface area contributed by atoms with E-state index in [9.17, 15) is 4.79 Å². The number of hydrogen-bond acceptors (Lipinski definition) is 4. The van der Waals surface area contributed by atoms with Crippen LogP contribution in [0, 0.1) is 25.7 Å². The van der Waals surface area contributed by atoms with Crippen LogP contribution in [0.15, 0.2) is 30.3 Å². The Morgan fingerprint density at radius 1 is 1.19 bits per heavy atom. The van der Waals surface area contributed by atoms with E-state index in [2.05, 4.69) is 40.9 Å². The predicted octanol–water partition coefficient (Wildman–Crippen LogP) is 4.47. The molecule has 6 nitrogen and oxygen atoms in total. The first kappa shape index (κ1) is 24.3. The lowest BCUT2D eigenvalue weighted by Crippen LogP contribution is -2.44. The highest BCUT2D eigenvalue weighted by Gasteiger charge is 2.28. The molecule has 32 heavy (non-hydrogen) atoms. The van der Waals surface area contributed by atoms with Crippen LogP contribution in [0.5, 0.6) is 5.75 Å². The highest BCUT2D eigenvalue weighted by Crippen LogP contribution is 2.25. The number of aromatic nitrogens is 2. The molecule has 1 unspecified atom stereocenters. The van der Waals surface area contributed by atoms with E-state index in [0.29, 0.717) is 11.8 Å². The summed E-state index contributed by atoms with van der Waals surface area (Å²) in [6, 6.07) is 10.0. The van der Waals surface area contributed by atoms with Crippen molar-refractivity contribution in [2.24, 2.45) is 11.8 Å². The first-order chi connectivity index (χ1) is 15.3. The smallest absolute Gasteiger partial charge is 0.247 e. The fourth-order valence-electron chi connectivity index (χ4n) is 4.82. The van der Waals surface area contributed by atoms with E-state index in [4.69, 9.17) is 4.74 Å². The zero-order valence-electron chi connectivity index (χ0n) is 20.7. The minimum absolute atomic E-state index is 0.182. The van der Waals surface area contributed by atoms with Crippen molar-refractivity contribution in [2.45, 2.75) is 60.0 Å². The summed E-state index contributed by atoms with van der Waals surface area (Å²) in [7, 11) is 1.73. The van der Waals surface area contributed by atoms with Gasteiger partial charge in [0.25, 0.3) is 0 Å². The largest absolute Gasteiger partial charge is 0.496 e. The number of benzene rings is 1. The first-order valence-electron chi connectivity index (χ1n) is 11.9. The molecule has 1 amide bonds. The van der Waals surface area contributed by atoms with E-state index in [-0.39, 0.29) is 11.9 Å². The fraction of sp³-hybridized carbons (Fsp3) is 0.615. The number of methoxy groups -OCH3 is 1. The van der Waals surface area contributed by atoms with Gasteiger partial charge in [-0.15, -0.1) is 0 Å². The average Bonchev–Trinajstić information content (AvgIpc) is 3.11. The summed E-state index contributed by atoms with van der Waals surface area (Å²) in [5.41, 5.74) is 3.24. The highest BCUT2D eigenvalue weighted by atomic mass is 16.5. The second-order valence-corrected chi connectivity index (χ2v) is 9.72. The number of rotatable bonds is 9. The maximum absolute atomic E-state index is 13.4. The summed E-state index contributed by atoms with van der Waals surface area (Å²) in [4.78, 5) is 18.0. The standard InChI is InChI=1S/C26H40N4O2/c1-19(2)16-29(26(31)22(5)30-21(4)15-20(3)27-30)17-23-11-13-28(14-12-23)18-24-9-7-8-10-25(24)32-6/h7-10,15,19,22-23H,11-14,16-18H2,1-6H3. The van der Waals surface area contributed by atoms with Crippen molar-refractivity contribution in [2.75, 3.05) is 33.3 Å². The third kappa shape index (κ3) is 6.12. The Bertz CT molecular complexity index is 884. The number of aryl methyl sites for hydroxylation is 2. The van der Waals surface area contributed by atoms with Gasteiger partial charge in [-0.3, -0.25) is 14.4 Å². The van der Waals surface area contributed by atoms with Crippen LogP contribution in [0.1, 0.15) is 56.6 Å². The Morgan fingerprint density at radius 2 is 1.88 bits per heavy atom. The van der Waals surface area contributed by atoms with Gasteiger partial charge in [0.1, 0.15) is 11.8 Å². The molecule has 3 rings (SSSR count). The zero-order chi connectivity index (χ0) is 23.3. The molecule has 6 heteroatoms. The molecule has 176 valence electrons. The van der Waals surface area contributed by atoms with E-state index in [1.807, 2.05) is 43.7 Å². The van der Waals surface area contributed by atoms with Gasteiger partial charge in [0.15, 0.2) is 0 Å². The lowest BCUT2D eigenvalue weighted by Gasteiger charge is -2.36. The summed E-state index contributed by atoms with van der Waals surface area (Å²) in [6.07, 6.45) is 2.23. The summed E-state index contributed by atoms with van der Waals surface area (Å²) < 4.78 is 7.39. The lowest BCUT2D eigenvalue weighted by atomic mass is 9.95. The predicted molar refractivity (Wildman–Crippen MR) is 129 cm³/mol. The van der Waals surface area contributed by atoms with Gasteiger partial charge in [0.2, 0.25) is 5.91 Å². The molecule has 0 N–H and O–H groups in total. The number of piperidine rings is 1. The van der Waals surface area contributed by atoms with Crippen LogP contribution in [0.4, 0.5) is 0 Å². The molecule has 1 aromatic heterocycles. The topological polar surface area (TPSA) is 50.6 Å². The van der Waals surface area contributed by atoms with Crippen LogP contribution in [-0.2, 0) is 11.3 Å². The monoisotopic (exact) mass is 440 g/mol. The molecule has 1 fully saturated rings. The lowest BCUT2D eigenvalue weighted by molar-refractivity contribution is -0.136. The van der Waals surface area contributed by atoms with Crippen molar-refractivity contribution in [3.8, 4) is 5.75 Å². The molecule has 1 aliphatic heterocycles. The fourth-order valence-corrected chi connectivity index (χ4v) is 4.82. The van der Waals surface area contributed by atoms with Gasteiger partial charge in [-0.05, 0) is 70.7 Å². The van der Waals surface area contributed by atoms with Crippen LogP contribution in [0.2, 0.25) is 0 Å². The van der Waals surface area contributed by atoms with Crippen LogP contribution in [0.25, 0.3) is 0 Å². The molecule has 1 atom stereocenters. The van der Waals surface area contributed by atoms with E-state index < -0.39 is 0 Å². The number of hydrogen-bond donors (Lipinski definition) is 0. The number of carbonyl (C=O) groups excluding carboxylic acids is 1. The second-order valence-electron chi connectivity index (χ2n) is 9.72. The van der Waals surface area contributed by atoms with E-state index in [1.54, 1.807) is 7.11 Å². The molecule has 2 heterocycles. The maximum atomic E-state index is 13.4. The molecular weight excluding hydrogens is 400 g/mol. The number of likely N-dealkylation sites (tertiary alicyclic amines) is 1.